The van der Waals surface area contributed by atoms with Gasteiger partial charge in [0, 0.05) is 81.0 Å². The molecule has 1 aliphatic carbocycles. The Kier molecular flexibility index (Phi) is 9.38. The van der Waals surface area contributed by atoms with Crippen LogP contribution in [-0.2, 0) is 21.3 Å². The molecule has 3 atom stereocenters. The topological polar surface area (TPSA) is 163 Å². The number of aromatic nitrogens is 4. The van der Waals surface area contributed by atoms with Crippen molar-refractivity contribution in [3.63, 3.8) is 0 Å². The number of fused-ring (bicyclic) bond motifs is 1. The highest BCUT2D eigenvalue weighted by Crippen LogP contribution is 2.48. The molecule has 3 fully saturated rings. The summed E-state index contributed by atoms with van der Waals surface area (Å²) in [6.45, 7) is 16.5. The number of nitrogens with zero attached hydrogens (tertiary/aromatic N) is 9. The van der Waals surface area contributed by atoms with Crippen LogP contribution in [0.5, 0.6) is 0 Å². The Balaban J connectivity index is 1.21. The molecule has 14 nitrogen and oxygen atoms in total. The van der Waals surface area contributed by atoms with Crippen molar-refractivity contribution in [2.75, 3.05) is 74.6 Å². The quantitative estimate of drug-likeness (QED) is 0.397. The highest BCUT2D eigenvalue weighted by molar-refractivity contribution is 7.16. The van der Waals surface area contributed by atoms with E-state index >= 15 is 0 Å². The second-order valence-corrected chi connectivity index (χ2v) is 16.3. The van der Waals surface area contributed by atoms with Crippen LogP contribution in [0.1, 0.15) is 82.2 Å². The van der Waals surface area contributed by atoms with Gasteiger partial charge in [0.15, 0.2) is 0 Å². The predicted octanol–water partition coefficient (Wildman–Crippen LogP) is 4.43. The molecule has 7 rings (SSSR count). The van der Waals surface area contributed by atoms with Gasteiger partial charge in [-0.1, -0.05) is 5.16 Å². The maximum absolute atomic E-state index is 12.8. The van der Waals surface area contributed by atoms with Crippen molar-refractivity contribution in [2.45, 2.75) is 89.8 Å². The smallest absolute Gasteiger partial charge is 0.410 e. The van der Waals surface area contributed by atoms with Gasteiger partial charge in [-0.15, -0.1) is 11.3 Å². The van der Waals surface area contributed by atoms with Crippen LogP contribution in [-0.4, -0.2) is 113 Å². The Labute approximate surface area is 297 Å². The number of hydrogen-bond acceptors (Lipinski definition) is 14. The van der Waals surface area contributed by atoms with Gasteiger partial charge in [0.25, 0.3) is 0 Å². The minimum absolute atomic E-state index is 0.166. The van der Waals surface area contributed by atoms with Gasteiger partial charge in [-0.05, 0) is 66.7 Å². The third-order valence-corrected chi connectivity index (χ3v) is 11.5. The van der Waals surface area contributed by atoms with E-state index < -0.39 is 11.0 Å². The maximum atomic E-state index is 12.8. The number of piperazine rings is 1. The summed E-state index contributed by atoms with van der Waals surface area (Å²) >= 11 is 1.48. The highest BCUT2D eigenvalue weighted by atomic mass is 32.1. The summed E-state index contributed by atoms with van der Waals surface area (Å²) in [6.07, 6.45) is 4.31. The summed E-state index contributed by atoms with van der Waals surface area (Å²) in [6, 6.07) is 4.86. The van der Waals surface area contributed by atoms with Gasteiger partial charge >= 0.3 is 6.09 Å². The van der Waals surface area contributed by atoms with E-state index in [2.05, 4.69) is 39.8 Å². The number of nitrogen functional groups attached to an aromatic ring is 1. The zero-order valence-corrected chi connectivity index (χ0v) is 30.6. The lowest BCUT2D eigenvalue weighted by Gasteiger charge is -2.37. The van der Waals surface area contributed by atoms with E-state index in [-0.39, 0.29) is 12.1 Å². The van der Waals surface area contributed by atoms with Crippen molar-refractivity contribution in [3.8, 4) is 17.6 Å². The molecule has 0 bridgehead atoms. The highest BCUT2D eigenvalue weighted by Gasteiger charge is 2.43. The number of aryl methyl sites for hydroxylation is 1. The molecular weight excluding hydrogens is 657 g/mol. The molecule has 6 heterocycles. The summed E-state index contributed by atoms with van der Waals surface area (Å²) < 4.78 is 17.4. The Morgan fingerprint density at radius 2 is 1.94 bits per heavy atom. The van der Waals surface area contributed by atoms with Crippen molar-refractivity contribution in [2.24, 2.45) is 0 Å². The molecule has 0 spiro atoms. The largest absolute Gasteiger partial charge is 0.444 e. The molecule has 268 valence electrons. The Hall–Kier alpha value is -4.00. The zero-order valence-electron chi connectivity index (χ0n) is 29.8. The second kappa shape index (κ2) is 13.6. The van der Waals surface area contributed by atoms with Gasteiger partial charge in [0.2, 0.25) is 17.7 Å². The number of carbonyl (C=O) groups excluding carboxylic acids is 1. The van der Waals surface area contributed by atoms with E-state index in [4.69, 9.17) is 34.7 Å². The first kappa shape index (κ1) is 34.4. The summed E-state index contributed by atoms with van der Waals surface area (Å²) in [5.41, 5.74) is 7.08. The van der Waals surface area contributed by atoms with Gasteiger partial charge in [-0.3, -0.25) is 4.90 Å². The normalized spacial score (nSPS) is 24.9. The molecule has 15 heteroatoms. The standard InChI is InChI=1S/C35H48N10O4S/c1-22-20-44(23-9-17-47-21-23)11-7-12-45(22)32-38-25(18-27(39-32)42-13-15-43(16-14-42)33(46)48-34(2,3)4)30-40-31(49-41-30)35(5)10-6-8-26-28(35)24(19-36)29(37)50-26/h18,22-23H,6-17,20-21,37H2,1-5H3/t22-,23?,35-/m0/s1. The molecule has 3 aliphatic heterocycles. The van der Waals surface area contributed by atoms with Gasteiger partial charge in [-0.25, -0.2) is 9.78 Å². The number of carbonyl (C=O) groups is 1. The maximum Gasteiger partial charge on any atom is 0.410 e. The van der Waals surface area contributed by atoms with Crippen molar-refractivity contribution in [3.05, 3.63) is 28.0 Å². The Bertz CT molecular complexity index is 1750. The van der Waals surface area contributed by atoms with Crippen LogP contribution >= 0.6 is 11.3 Å². The van der Waals surface area contributed by atoms with Crippen LogP contribution in [0.25, 0.3) is 11.5 Å². The summed E-state index contributed by atoms with van der Waals surface area (Å²) in [4.78, 5) is 37.9. The number of amides is 1. The summed E-state index contributed by atoms with van der Waals surface area (Å²) in [5, 5.41) is 15.0. The molecule has 3 saturated heterocycles. The lowest BCUT2D eigenvalue weighted by Crippen LogP contribution is -2.50. The van der Waals surface area contributed by atoms with Crippen LogP contribution in [0.15, 0.2) is 10.6 Å². The minimum Gasteiger partial charge on any atom is -0.444 e. The molecule has 2 N–H and O–H groups in total. The molecular formula is C35H48N10O4S. The van der Waals surface area contributed by atoms with Crippen LogP contribution in [0.2, 0.25) is 0 Å². The van der Waals surface area contributed by atoms with Crippen LogP contribution in [0, 0.1) is 11.3 Å². The fraction of sp³-hybridized carbons (Fsp3) is 0.657. The molecule has 3 aromatic heterocycles. The third-order valence-electron chi connectivity index (χ3n) is 10.4. The number of ether oxygens (including phenoxy) is 2. The molecule has 0 aromatic carbocycles. The van der Waals surface area contributed by atoms with Crippen molar-refractivity contribution in [1.82, 2.24) is 29.9 Å². The first-order valence-electron chi connectivity index (χ1n) is 17.8. The van der Waals surface area contributed by atoms with E-state index in [9.17, 15) is 10.1 Å². The molecule has 50 heavy (non-hydrogen) atoms. The molecule has 4 aliphatic rings. The predicted molar refractivity (Wildman–Crippen MR) is 190 cm³/mol. The SMILES string of the molecule is C[C@H]1CN(C2CCOC2)CCCN1c1nc(-c2noc([C@@]3(C)CCCc4sc(N)c(C#N)c43)n2)cc(N2CCN(C(=O)OC(C)(C)C)CC2)n1. The second-order valence-electron chi connectivity index (χ2n) is 15.1. The first-order valence-corrected chi connectivity index (χ1v) is 18.6. The minimum atomic E-state index is -0.637. The van der Waals surface area contributed by atoms with Crippen LogP contribution < -0.4 is 15.5 Å². The number of rotatable bonds is 5. The third kappa shape index (κ3) is 6.72. The zero-order chi connectivity index (χ0) is 35.2. The fourth-order valence-electron chi connectivity index (χ4n) is 7.77. The molecule has 0 saturated carbocycles. The fourth-order valence-corrected chi connectivity index (χ4v) is 8.96. The Morgan fingerprint density at radius 1 is 1.14 bits per heavy atom. The lowest BCUT2D eigenvalue weighted by atomic mass is 9.72. The molecule has 3 aromatic rings. The van der Waals surface area contributed by atoms with E-state index in [1.165, 1.54) is 11.3 Å². The van der Waals surface area contributed by atoms with E-state index in [1.54, 1.807) is 4.90 Å². The van der Waals surface area contributed by atoms with E-state index in [0.717, 1.165) is 81.2 Å². The first-order chi connectivity index (χ1) is 23.9. The van der Waals surface area contributed by atoms with Gasteiger partial charge in [-0.2, -0.15) is 15.2 Å². The number of nitrogens with two attached hydrogens (primary N) is 1. The number of thiophene rings is 1. The van der Waals surface area contributed by atoms with Crippen molar-refractivity contribution in [1.29, 1.82) is 5.26 Å². The van der Waals surface area contributed by atoms with Crippen molar-refractivity contribution < 1.29 is 18.8 Å². The van der Waals surface area contributed by atoms with E-state index in [0.29, 0.717) is 66.1 Å². The van der Waals surface area contributed by atoms with Crippen molar-refractivity contribution >= 4 is 34.2 Å². The molecule has 0 radical (unpaired) electrons. The summed E-state index contributed by atoms with van der Waals surface area (Å²) in [7, 11) is 0. The average molecular weight is 705 g/mol. The number of hydrogen-bond donors (Lipinski definition) is 1. The van der Waals surface area contributed by atoms with Gasteiger partial charge in [0.05, 0.1) is 17.6 Å². The van der Waals surface area contributed by atoms with Gasteiger partial charge < -0.3 is 34.4 Å². The van der Waals surface area contributed by atoms with E-state index in [1.807, 2.05) is 26.8 Å². The van der Waals surface area contributed by atoms with Crippen LogP contribution in [0.4, 0.5) is 21.6 Å². The molecule has 1 unspecified atom stereocenters. The average Bonchev–Trinajstić information content (AvgIpc) is 3.84. The van der Waals surface area contributed by atoms with Crippen LogP contribution in [0.3, 0.4) is 0 Å². The monoisotopic (exact) mass is 704 g/mol. The number of nitriles is 1. The lowest BCUT2D eigenvalue weighted by molar-refractivity contribution is 0.0240. The Morgan fingerprint density at radius 3 is 2.66 bits per heavy atom. The number of anilines is 3. The van der Waals surface area contributed by atoms with Gasteiger partial charge in [0.1, 0.15) is 28.2 Å². The summed E-state index contributed by atoms with van der Waals surface area (Å²) in [5.74, 6) is 2.20. The molecule has 1 amide bonds.